The van der Waals surface area contributed by atoms with E-state index in [-0.39, 0.29) is 17.8 Å². The number of aliphatic hydroxyl groups excluding tert-OH is 1. The van der Waals surface area contributed by atoms with Crippen LogP contribution in [0, 0.1) is 23.2 Å². The fourth-order valence-electron chi connectivity index (χ4n) is 5.37. The molecule has 4 rings (SSSR count). The van der Waals surface area contributed by atoms with Crippen LogP contribution in [-0.4, -0.2) is 22.9 Å². The highest BCUT2D eigenvalue weighted by Gasteiger charge is 2.65. The zero-order valence-corrected chi connectivity index (χ0v) is 11.6. The summed E-state index contributed by atoms with van der Waals surface area (Å²) in [6.45, 7) is 9.42. The lowest BCUT2D eigenvalue weighted by atomic mass is 9.57. The first-order valence-corrected chi connectivity index (χ1v) is 7.17. The van der Waals surface area contributed by atoms with Crippen LogP contribution in [0.4, 0.5) is 0 Å². The minimum absolute atomic E-state index is 0.0299. The third-order valence-corrected chi connectivity index (χ3v) is 6.75. The van der Waals surface area contributed by atoms with E-state index in [0.717, 1.165) is 5.92 Å². The van der Waals surface area contributed by atoms with E-state index in [2.05, 4.69) is 27.7 Å². The van der Waals surface area contributed by atoms with Gasteiger partial charge in [0, 0.05) is 0 Å². The maximum absolute atomic E-state index is 9.82. The van der Waals surface area contributed by atoms with Crippen molar-refractivity contribution in [1.82, 2.24) is 0 Å². The number of ether oxygens (including phenoxy) is 1. The molecule has 2 saturated heterocycles. The highest BCUT2D eigenvalue weighted by atomic mass is 16.5. The summed E-state index contributed by atoms with van der Waals surface area (Å²) in [7, 11) is 0. The molecule has 98 valence electrons. The lowest BCUT2D eigenvalue weighted by Gasteiger charge is -2.51. The van der Waals surface area contributed by atoms with Crippen LogP contribution in [0.15, 0.2) is 0 Å². The molecule has 4 bridgehead atoms. The largest absolute Gasteiger partial charge is 0.393 e. The molecule has 2 aliphatic carbocycles. The SMILES string of the molecule is CC1C2(C)CCC3C(CCC31C)C(C)(CO)O2. The Bertz CT molecular complexity index is 340. The van der Waals surface area contributed by atoms with Crippen molar-refractivity contribution in [2.24, 2.45) is 23.2 Å². The van der Waals surface area contributed by atoms with Crippen molar-refractivity contribution in [1.29, 1.82) is 0 Å². The highest BCUT2D eigenvalue weighted by Crippen LogP contribution is 2.66. The Kier molecular flexibility index (Phi) is 2.30. The molecule has 1 N–H and O–H groups in total. The molecule has 0 aromatic heterocycles. The molecule has 2 aliphatic heterocycles. The maximum Gasteiger partial charge on any atom is 0.0922 e. The zero-order chi connectivity index (χ0) is 12.5. The van der Waals surface area contributed by atoms with Crippen LogP contribution >= 0.6 is 0 Å². The number of hydrogen-bond acceptors (Lipinski definition) is 2. The normalized spacial score (nSPS) is 61.6. The van der Waals surface area contributed by atoms with Gasteiger partial charge in [-0.05, 0) is 62.7 Å². The standard InChI is InChI=1S/C15H26O2/c1-10-13(2)7-5-12-11(13)6-8-14(10,3)17-15(12,4)9-16/h10-12,16H,5-9H2,1-4H3. The van der Waals surface area contributed by atoms with Crippen LogP contribution in [0.5, 0.6) is 0 Å². The molecule has 17 heavy (non-hydrogen) atoms. The summed E-state index contributed by atoms with van der Waals surface area (Å²) in [6, 6.07) is 0. The Hall–Kier alpha value is -0.0800. The summed E-state index contributed by atoms with van der Waals surface area (Å²) in [4.78, 5) is 0. The zero-order valence-electron chi connectivity index (χ0n) is 11.6. The van der Waals surface area contributed by atoms with Crippen LogP contribution in [0.25, 0.3) is 0 Å². The average Bonchev–Trinajstić information content (AvgIpc) is 2.56. The summed E-state index contributed by atoms with van der Waals surface area (Å²) in [5, 5.41) is 9.82. The molecular weight excluding hydrogens is 212 g/mol. The molecule has 0 aromatic rings. The van der Waals surface area contributed by atoms with Crippen LogP contribution in [0.1, 0.15) is 53.4 Å². The molecule has 4 aliphatic rings. The average molecular weight is 238 g/mol. The van der Waals surface area contributed by atoms with Crippen molar-refractivity contribution < 1.29 is 9.84 Å². The number of rotatable bonds is 1. The molecule has 4 fully saturated rings. The quantitative estimate of drug-likeness (QED) is 0.761. The fraction of sp³-hybridized carbons (Fsp3) is 1.00. The Morgan fingerprint density at radius 3 is 2.41 bits per heavy atom. The molecular formula is C15H26O2. The summed E-state index contributed by atoms with van der Waals surface area (Å²) in [5.41, 5.74) is 0.0981. The number of aliphatic hydroxyl groups is 1. The molecule has 2 nitrogen and oxygen atoms in total. The predicted octanol–water partition coefficient (Wildman–Crippen LogP) is 2.99. The number of fused-ring (bicyclic) bond motifs is 2. The fourth-order valence-corrected chi connectivity index (χ4v) is 5.37. The smallest absolute Gasteiger partial charge is 0.0922 e. The Morgan fingerprint density at radius 2 is 1.76 bits per heavy atom. The Labute approximate surface area is 105 Å². The molecule has 2 heteroatoms. The molecule has 6 atom stereocenters. The van der Waals surface area contributed by atoms with Gasteiger partial charge in [0.25, 0.3) is 0 Å². The van der Waals surface area contributed by atoms with E-state index >= 15 is 0 Å². The van der Waals surface area contributed by atoms with Crippen molar-refractivity contribution in [2.45, 2.75) is 64.6 Å². The summed E-state index contributed by atoms with van der Waals surface area (Å²) in [6.07, 6.45) is 5.01. The lowest BCUT2D eigenvalue weighted by Crippen LogP contribution is -2.51. The first-order chi connectivity index (χ1) is 7.86. The van der Waals surface area contributed by atoms with Crippen molar-refractivity contribution in [3.8, 4) is 0 Å². The van der Waals surface area contributed by atoms with Gasteiger partial charge in [-0.1, -0.05) is 13.8 Å². The van der Waals surface area contributed by atoms with Crippen LogP contribution in [0.3, 0.4) is 0 Å². The monoisotopic (exact) mass is 238 g/mol. The van der Waals surface area contributed by atoms with Gasteiger partial charge in [0.1, 0.15) is 0 Å². The molecule has 2 saturated carbocycles. The minimum atomic E-state index is -0.307. The molecule has 0 radical (unpaired) electrons. The number of hydrogen-bond donors (Lipinski definition) is 1. The molecule has 6 unspecified atom stereocenters. The van der Waals surface area contributed by atoms with Gasteiger partial charge in [0.05, 0.1) is 17.8 Å². The van der Waals surface area contributed by atoms with E-state index in [9.17, 15) is 5.11 Å². The van der Waals surface area contributed by atoms with Crippen molar-refractivity contribution >= 4 is 0 Å². The topological polar surface area (TPSA) is 29.5 Å². The van der Waals surface area contributed by atoms with Crippen molar-refractivity contribution in [2.75, 3.05) is 6.61 Å². The van der Waals surface area contributed by atoms with E-state index in [1.807, 2.05) is 0 Å². The second-order valence-electron chi connectivity index (χ2n) is 7.40. The van der Waals surface area contributed by atoms with Crippen LogP contribution in [0.2, 0.25) is 0 Å². The van der Waals surface area contributed by atoms with E-state index in [4.69, 9.17) is 4.74 Å². The van der Waals surface area contributed by atoms with Crippen LogP contribution in [-0.2, 0) is 4.74 Å². The lowest BCUT2D eigenvalue weighted by molar-refractivity contribution is -0.201. The first-order valence-electron chi connectivity index (χ1n) is 7.17. The van der Waals surface area contributed by atoms with Gasteiger partial charge in [-0.3, -0.25) is 0 Å². The summed E-state index contributed by atoms with van der Waals surface area (Å²) in [5.74, 6) is 1.92. The Morgan fingerprint density at radius 1 is 1.12 bits per heavy atom. The van der Waals surface area contributed by atoms with Gasteiger partial charge >= 0.3 is 0 Å². The second-order valence-corrected chi connectivity index (χ2v) is 7.40. The summed E-state index contributed by atoms with van der Waals surface area (Å²) < 4.78 is 6.49. The minimum Gasteiger partial charge on any atom is -0.393 e. The molecule has 0 amide bonds. The second kappa shape index (κ2) is 3.27. The van der Waals surface area contributed by atoms with Gasteiger partial charge in [-0.25, -0.2) is 0 Å². The van der Waals surface area contributed by atoms with Crippen molar-refractivity contribution in [3.05, 3.63) is 0 Å². The summed E-state index contributed by atoms with van der Waals surface area (Å²) >= 11 is 0. The van der Waals surface area contributed by atoms with Gasteiger partial charge in [0.2, 0.25) is 0 Å². The first kappa shape index (κ1) is 12.0. The molecule has 2 heterocycles. The van der Waals surface area contributed by atoms with E-state index in [0.29, 0.717) is 17.3 Å². The Balaban J connectivity index is 2.12. The van der Waals surface area contributed by atoms with Gasteiger partial charge in [-0.2, -0.15) is 0 Å². The highest BCUT2D eigenvalue weighted by molar-refractivity contribution is 5.13. The molecule has 0 aromatic carbocycles. The maximum atomic E-state index is 9.82. The van der Waals surface area contributed by atoms with Gasteiger partial charge in [0.15, 0.2) is 0 Å². The van der Waals surface area contributed by atoms with E-state index in [1.165, 1.54) is 25.7 Å². The third-order valence-electron chi connectivity index (χ3n) is 6.75. The predicted molar refractivity (Wildman–Crippen MR) is 67.7 cm³/mol. The van der Waals surface area contributed by atoms with Crippen LogP contribution < -0.4 is 0 Å². The van der Waals surface area contributed by atoms with E-state index in [1.54, 1.807) is 0 Å². The van der Waals surface area contributed by atoms with Crippen molar-refractivity contribution in [3.63, 3.8) is 0 Å². The van der Waals surface area contributed by atoms with E-state index < -0.39 is 0 Å². The third kappa shape index (κ3) is 1.29. The molecule has 0 spiro atoms. The van der Waals surface area contributed by atoms with Gasteiger partial charge in [-0.15, -0.1) is 0 Å². The van der Waals surface area contributed by atoms with Gasteiger partial charge < -0.3 is 9.84 Å².